The molecule has 0 saturated heterocycles. The molecule has 0 amide bonds. The third-order valence-corrected chi connectivity index (χ3v) is 2.62. The van der Waals surface area contributed by atoms with Crippen LogP contribution in [0.1, 0.15) is 24.6 Å². The molecule has 1 heterocycles. The highest BCUT2D eigenvalue weighted by atomic mass is 79.9. The van der Waals surface area contributed by atoms with Gasteiger partial charge >= 0.3 is 0 Å². The largest absolute Gasteiger partial charge is 0.363 e. The molecule has 0 bridgehead atoms. The van der Waals surface area contributed by atoms with Crippen molar-refractivity contribution < 1.29 is 0 Å². The van der Waals surface area contributed by atoms with E-state index in [9.17, 15) is 0 Å². The lowest BCUT2D eigenvalue weighted by atomic mass is 10.1. The van der Waals surface area contributed by atoms with Crippen molar-refractivity contribution in [2.75, 3.05) is 0 Å². The summed E-state index contributed by atoms with van der Waals surface area (Å²) in [5.41, 5.74) is 7.11. The molecule has 1 aromatic heterocycles. The molecule has 0 radical (unpaired) electrons. The quantitative estimate of drug-likeness (QED) is 0.779. The number of halogens is 1. The maximum atomic E-state index is 5.96. The third-order valence-electron chi connectivity index (χ3n) is 2.16. The van der Waals surface area contributed by atoms with Gasteiger partial charge < -0.3 is 10.7 Å². The van der Waals surface area contributed by atoms with E-state index < -0.39 is 0 Å². The Kier molecular flexibility index (Phi) is 1.77. The lowest BCUT2D eigenvalue weighted by Gasteiger charge is -2.06. The van der Waals surface area contributed by atoms with Gasteiger partial charge in [-0.25, -0.2) is 0 Å². The second-order valence-corrected chi connectivity index (χ2v) is 4.05. The van der Waals surface area contributed by atoms with Crippen LogP contribution in [0.25, 0.3) is 0 Å². The van der Waals surface area contributed by atoms with E-state index in [4.69, 9.17) is 5.73 Å². The van der Waals surface area contributed by atoms with E-state index >= 15 is 0 Å². The second-order valence-electron chi connectivity index (χ2n) is 3.14. The number of hydrogen-bond donors (Lipinski definition) is 2. The first-order valence-electron chi connectivity index (χ1n) is 3.87. The minimum absolute atomic E-state index is 0.223. The SMILES string of the molecule is N[C@H](c1cc(Br)c[nH]1)C1CC1. The Morgan fingerprint density at radius 2 is 2.36 bits per heavy atom. The molecule has 2 rings (SSSR count). The van der Waals surface area contributed by atoms with Gasteiger partial charge in [0.25, 0.3) is 0 Å². The molecule has 0 spiro atoms. The number of hydrogen-bond acceptors (Lipinski definition) is 1. The van der Waals surface area contributed by atoms with E-state index in [-0.39, 0.29) is 6.04 Å². The van der Waals surface area contributed by atoms with Gasteiger partial charge in [0.2, 0.25) is 0 Å². The fourth-order valence-electron chi connectivity index (χ4n) is 1.29. The lowest BCUT2D eigenvalue weighted by Crippen LogP contribution is -2.12. The molecule has 1 fully saturated rings. The molecule has 3 N–H and O–H groups in total. The molecular formula is C8H11BrN2. The highest BCUT2D eigenvalue weighted by Gasteiger charge is 2.30. The topological polar surface area (TPSA) is 41.8 Å². The predicted molar refractivity (Wildman–Crippen MR) is 48.1 cm³/mol. The van der Waals surface area contributed by atoms with E-state index in [1.165, 1.54) is 12.8 Å². The number of aromatic nitrogens is 1. The van der Waals surface area contributed by atoms with E-state index in [1.807, 2.05) is 6.20 Å². The summed E-state index contributed by atoms with van der Waals surface area (Å²) in [6.45, 7) is 0. The lowest BCUT2D eigenvalue weighted by molar-refractivity contribution is 0.618. The van der Waals surface area contributed by atoms with Gasteiger partial charge in [0.1, 0.15) is 0 Å². The minimum atomic E-state index is 0.223. The smallest absolute Gasteiger partial charge is 0.0476 e. The summed E-state index contributed by atoms with van der Waals surface area (Å²) < 4.78 is 1.09. The number of H-pyrrole nitrogens is 1. The molecule has 3 heteroatoms. The molecule has 0 unspecified atom stereocenters. The van der Waals surface area contributed by atoms with Crippen molar-refractivity contribution in [3.8, 4) is 0 Å². The Balaban J connectivity index is 2.14. The highest BCUT2D eigenvalue weighted by molar-refractivity contribution is 9.10. The van der Waals surface area contributed by atoms with E-state index in [0.717, 1.165) is 16.1 Å². The maximum absolute atomic E-state index is 5.96. The molecule has 11 heavy (non-hydrogen) atoms. The van der Waals surface area contributed by atoms with Gasteiger partial charge in [0.05, 0.1) is 0 Å². The van der Waals surface area contributed by atoms with Crippen LogP contribution in [0.2, 0.25) is 0 Å². The summed E-state index contributed by atoms with van der Waals surface area (Å²) in [7, 11) is 0. The molecule has 0 aliphatic heterocycles. The number of nitrogens with two attached hydrogens (primary N) is 1. The molecular weight excluding hydrogens is 204 g/mol. The number of nitrogens with one attached hydrogen (secondary N) is 1. The fourth-order valence-corrected chi connectivity index (χ4v) is 1.65. The van der Waals surface area contributed by atoms with Crippen LogP contribution in [0.4, 0.5) is 0 Å². The molecule has 1 atom stereocenters. The highest BCUT2D eigenvalue weighted by Crippen LogP contribution is 2.39. The Labute approximate surface area is 74.3 Å². The minimum Gasteiger partial charge on any atom is -0.363 e. The summed E-state index contributed by atoms with van der Waals surface area (Å²) in [5.74, 6) is 0.723. The summed E-state index contributed by atoms with van der Waals surface area (Å²) >= 11 is 3.38. The normalized spacial score (nSPS) is 20.2. The van der Waals surface area contributed by atoms with Gasteiger partial charge in [0.15, 0.2) is 0 Å². The van der Waals surface area contributed by atoms with Crippen molar-refractivity contribution in [2.45, 2.75) is 18.9 Å². The van der Waals surface area contributed by atoms with Gasteiger partial charge in [-0.15, -0.1) is 0 Å². The van der Waals surface area contributed by atoms with Gasteiger partial charge in [-0.05, 0) is 40.8 Å². The zero-order valence-electron chi connectivity index (χ0n) is 6.18. The Bertz CT molecular complexity index is 252. The van der Waals surface area contributed by atoms with Gasteiger partial charge in [0, 0.05) is 22.4 Å². The first-order chi connectivity index (χ1) is 5.27. The van der Waals surface area contributed by atoms with Crippen LogP contribution in [0.5, 0.6) is 0 Å². The standard InChI is InChI=1S/C8H11BrN2/c9-6-3-7(11-4-6)8(10)5-1-2-5/h3-5,8,11H,1-2,10H2/t8-/m0/s1. The van der Waals surface area contributed by atoms with Crippen molar-refractivity contribution in [2.24, 2.45) is 11.7 Å². The molecule has 1 aromatic rings. The van der Waals surface area contributed by atoms with Crippen molar-refractivity contribution in [3.63, 3.8) is 0 Å². The first-order valence-corrected chi connectivity index (χ1v) is 4.66. The van der Waals surface area contributed by atoms with Crippen LogP contribution in [0, 0.1) is 5.92 Å². The van der Waals surface area contributed by atoms with Crippen molar-refractivity contribution in [3.05, 3.63) is 22.4 Å². The molecule has 1 aliphatic rings. The Morgan fingerprint density at radius 3 is 2.82 bits per heavy atom. The van der Waals surface area contributed by atoms with Crippen LogP contribution in [-0.2, 0) is 0 Å². The van der Waals surface area contributed by atoms with Gasteiger partial charge in [-0.2, -0.15) is 0 Å². The van der Waals surface area contributed by atoms with Crippen molar-refractivity contribution in [1.29, 1.82) is 0 Å². The summed E-state index contributed by atoms with van der Waals surface area (Å²) in [4.78, 5) is 3.15. The zero-order valence-corrected chi connectivity index (χ0v) is 7.76. The van der Waals surface area contributed by atoms with E-state index in [0.29, 0.717) is 0 Å². The Morgan fingerprint density at radius 1 is 1.64 bits per heavy atom. The predicted octanol–water partition coefficient (Wildman–Crippen LogP) is 2.19. The Hall–Kier alpha value is -0.280. The molecule has 2 nitrogen and oxygen atoms in total. The van der Waals surface area contributed by atoms with Gasteiger partial charge in [-0.3, -0.25) is 0 Å². The fraction of sp³-hybridized carbons (Fsp3) is 0.500. The monoisotopic (exact) mass is 214 g/mol. The van der Waals surface area contributed by atoms with E-state index in [1.54, 1.807) is 0 Å². The summed E-state index contributed by atoms with van der Waals surface area (Å²) in [5, 5.41) is 0. The molecule has 60 valence electrons. The third kappa shape index (κ3) is 1.49. The number of aromatic amines is 1. The molecule has 1 saturated carbocycles. The van der Waals surface area contributed by atoms with Crippen LogP contribution in [0.15, 0.2) is 16.7 Å². The van der Waals surface area contributed by atoms with Crippen LogP contribution in [0.3, 0.4) is 0 Å². The zero-order chi connectivity index (χ0) is 7.84. The van der Waals surface area contributed by atoms with Crippen molar-refractivity contribution >= 4 is 15.9 Å². The van der Waals surface area contributed by atoms with E-state index in [2.05, 4.69) is 27.0 Å². The number of rotatable bonds is 2. The molecule has 1 aliphatic carbocycles. The van der Waals surface area contributed by atoms with Crippen LogP contribution in [-0.4, -0.2) is 4.98 Å². The maximum Gasteiger partial charge on any atom is 0.0476 e. The van der Waals surface area contributed by atoms with Crippen LogP contribution >= 0.6 is 15.9 Å². The average Bonchev–Trinajstić information content (AvgIpc) is 2.74. The first kappa shape index (κ1) is 7.37. The van der Waals surface area contributed by atoms with Crippen molar-refractivity contribution in [1.82, 2.24) is 4.98 Å². The summed E-state index contributed by atoms with van der Waals surface area (Å²) in [6, 6.07) is 2.28. The van der Waals surface area contributed by atoms with Crippen LogP contribution < -0.4 is 5.73 Å². The average molecular weight is 215 g/mol. The summed E-state index contributed by atoms with van der Waals surface area (Å²) in [6.07, 6.45) is 4.51. The second kappa shape index (κ2) is 2.64. The molecule has 0 aromatic carbocycles. The van der Waals surface area contributed by atoms with Gasteiger partial charge in [-0.1, -0.05) is 0 Å².